The van der Waals surface area contributed by atoms with Crippen molar-refractivity contribution in [1.82, 2.24) is 4.98 Å². The highest BCUT2D eigenvalue weighted by Crippen LogP contribution is 2.16. The van der Waals surface area contributed by atoms with Crippen LogP contribution in [0, 0.1) is 6.92 Å². The molecule has 0 aliphatic carbocycles. The molecule has 0 saturated carbocycles. The van der Waals surface area contributed by atoms with Gasteiger partial charge in [0.1, 0.15) is 10.3 Å². The van der Waals surface area contributed by atoms with E-state index in [4.69, 9.17) is 0 Å². The van der Waals surface area contributed by atoms with Crippen molar-refractivity contribution in [2.45, 2.75) is 6.92 Å². The van der Waals surface area contributed by atoms with Gasteiger partial charge in [-0.2, -0.15) is 0 Å². The summed E-state index contributed by atoms with van der Waals surface area (Å²) in [6.45, 7) is 1.94. The van der Waals surface area contributed by atoms with Gasteiger partial charge in [0.2, 0.25) is 0 Å². The standard InChI is InChI=1S/C20H16BrN3O2/c1-13-4-2-5-14(12-13)19(25)22-15-8-10-16(11-9-15)23-20(26)17-6-3-7-18(21)24-17/h2-12H,1H3,(H,22,25)(H,23,26). The molecule has 130 valence electrons. The van der Waals surface area contributed by atoms with Gasteiger partial charge in [-0.05, 0) is 71.4 Å². The molecule has 26 heavy (non-hydrogen) atoms. The molecule has 0 fully saturated rings. The van der Waals surface area contributed by atoms with Crippen LogP contribution in [0.4, 0.5) is 11.4 Å². The van der Waals surface area contributed by atoms with E-state index in [0.717, 1.165) is 5.56 Å². The number of anilines is 2. The SMILES string of the molecule is Cc1cccc(C(=O)Nc2ccc(NC(=O)c3cccc(Br)n3)cc2)c1. The van der Waals surface area contributed by atoms with Gasteiger partial charge in [-0.15, -0.1) is 0 Å². The molecule has 0 aliphatic rings. The summed E-state index contributed by atoms with van der Waals surface area (Å²) in [5, 5.41) is 5.61. The Labute approximate surface area is 159 Å². The molecule has 0 unspecified atom stereocenters. The Balaban J connectivity index is 1.65. The fourth-order valence-electron chi connectivity index (χ4n) is 2.36. The molecule has 0 bridgehead atoms. The lowest BCUT2D eigenvalue weighted by Gasteiger charge is -2.08. The van der Waals surface area contributed by atoms with Crippen LogP contribution in [0.5, 0.6) is 0 Å². The number of benzene rings is 2. The smallest absolute Gasteiger partial charge is 0.274 e. The van der Waals surface area contributed by atoms with Crippen molar-refractivity contribution in [3.05, 3.63) is 88.2 Å². The number of nitrogens with one attached hydrogen (secondary N) is 2. The normalized spacial score (nSPS) is 10.2. The Morgan fingerprint density at radius 1 is 0.846 bits per heavy atom. The lowest BCUT2D eigenvalue weighted by atomic mass is 10.1. The van der Waals surface area contributed by atoms with Crippen LogP contribution in [0.25, 0.3) is 0 Å². The summed E-state index contributed by atoms with van der Waals surface area (Å²) in [7, 11) is 0. The van der Waals surface area contributed by atoms with Crippen molar-refractivity contribution < 1.29 is 9.59 Å². The van der Waals surface area contributed by atoms with Crippen LogP contribution < -0.4 is 10.6 Å². The molecule has 0 atom stereocenters. The van der Waals surface area contributed by atoms with Gasteiger partial charge in [0.05, 0.1) is 0 Å². The number of aromatic nitrogens is 1. The van der Waals surface area contributed by atoms with Crippen LogP contribution >= 0.6 is 15.9 Å². The number of carbonyl (C=O) groups excluding carboxylic acids is 2. The fraction of sp³-hybridized carbons (Fsp3) is 0.0500. The second-order valence-electron chi connectivity index (χ2n) is 5.70. The molecule has 2 aromatic carbocycles. The zero-order valence-electron chi connectivity index (χ0n) is 14.0. The maximum Gasteiger partial charge on any atom is 0.274 e. The number of amides is 2. The number of halogens is 1. The summed E-state index contributed by atoms with van der Waals surface area (Å²) >= 11 is 3.24. The molecular formula is C20H16BrN3O2. The molecule has 0 spiro atoms. The Bertz CT molecular complexity index is 877. The molecule has 6 heteroatoms. The summed E-state index contributed by atoms with van der Waals surface area (Å²) in [6.07, 6.45) is 0. The summed E-state index contributed by atoms with van der Waals surface area (Å²) < 4.78 is 0.597. The summed E-state index contributed by atoms with van der Waals surface area (Å²) in [4.78, 5) is 28.5. The maximum absolute atomic E-state index is 12.3. The molecule has 0 saturated heterocycles. The third kappa shape index (κ3) is 4.55. The topological polar surface area (TPSA) is 71.1 Å². The minimum atomic E-state index is -0.303. The zero-order valence-corrected chi connectivity index (χ0v) is 15.6. The average Bonchev–Trinajstić information content (AvgIpc) is 2.63. The second-order valence-corrected chi connectivity index (χ2v) is 6.51. The third-order valence-corrected chi connectivity index (χ3v) is 4.07. The van der Waals surface area contributed by atoms with Crippen molar-refractivity contribution in [2.75, 3.05) is 10.6 Å². The Morgan fingerprint density at radius 3 is 2.08 bits per heavy atom. The van der Waals surface area contributed by atoms with E-state index in [2.05, 4.69) is 31.5 Å². The predicted molar refractivity (Wildman–Crippen MR) is 105 cm³/mol. The van der Waals surface area contributed by atoms with Crippen molar-refractivity contribution in [3.63, 3.8) is 0 Å². The molecule has 3 aromatic rings. The van der Waals surface area contributed by atoms with Gasteiger partial charge in [-0.25, -0.2) is 4.98 Å². The maximum atomic E-state index is 12.3. The molecule has 5 nitrogen and oxygen atoms in total. The van der Waals surface area contributed by atoms with Crippen LogP contribution in [0.15, 0.2) is 71.3 Å². The summed E-state index contributed by atoms with van der Waals surface area (Å²) in [5.74, 6) is -0.480. The molecule has 2 N–H and O–H groups in total. The molecule has 3 rings (SSSR count). The van der Waals surface area contributed by atoms with Crippen molar-refractivity contribution >= 4 is 39.1 Å². The predicted octanol–water partition coefficient (Wildman–Crippen LogP) is 4.66. The first-order valence-corrected chi connectivity index (χ1v) is 8.72. The third-order valence-electron chi connectivity index (χ3n) is 3.63. The highest BCUT2D eigenvalue weighted by atomic mass is 79.9. The molecule has 1 heterocycles. The van der Waals surface area contributed by atoms with Crippen LogP contribution in [-0.2, 0) is 0 Å². The second kappa shape index (κ2) is 7.93. The van der Waals surface area contributed by atoms with Crippen LogP contribution in [0.1, 0.15) is 26.4 Å². The van der Waals surface area contributed by atoms with Gasteiger partial charge in [0.25, 0.3) is 11.8 Å². The van der Waals surface area contributed by atoms with Gasteiger partial charge < -0.3 is 10.6 Å². The highest BCUT2D eigenvalue weighted by Gasteiger charge is 2.09. The van der Waals surface area contributed by atoms with Crippen LogP contribution in [0.2, 0.25) is 0 Å². The highest BCUT2D eigenvalue weighted by molar-refractivity contribution is 9.10. The van der Waals surface area contributed by atoms with Crippen molar-refractivity contribution in [1.29, 1.82) is 0 Å². The zero-order chi connectivity index (χ0) is 18.5. The summed E-state index contributed by atoms with van der Waals surface area (Å²) in [5.41, 5.74) is 3.21. The Kier molecular flexibility index (Phi) is 5.43. The molecule has 0 aliphatic heterocycles. The molecular weight excluding hydrogens is 394 g/mol. The largest absolute Gasteiger partial charge is 0.322 e. The number of aryl methyl sites for hydroxylation is 1. The van der Waals surface area contributed by atoms with Gasteiger partial charge >= 0.3 is 0 Å². The lowest BCUT2D eigenvalue weighted by Crippen LogP contribution is -2.14. The lowest BCUT2D eigenvalue weighted by molar-refractivity contribution is 0.101. The van der Waals surface area contributed by atoms with Crippen LogP contribution in [0.3, 0.4) is 0 Å². The van der Waals surface area contributed by atoms with Gasteiger partial charge in [-0.1, -0.05) is 23.8 Å². The molecule has 1 aromatic heterocycles. The van der Waals surface area contributed by atoms with Crippen LogP contribution in [-0.4, -0.2) is 16.8 Å². The minimum absolute atomic E-state index is 0.177. The van der Waals surface area contributed by atoms with Gasteiger partial charge in [0.15, 0.2) is 0 Å². The Morgan fingerprint density at radius 2 is 1.46 bits per heavy atom. The van der Waals surface area contributed by atoms with E-state index < -0.39 is 0 Å². The first-order chi connectivity index (χ1) is 12.5. The van der Waals surface area contributed by atoms with E-state index in [1.54, 1.807) is 48.5 Å². The quantitative estimate of drug-likeness (QED) is 0.615. The number of rotatable bonds is 4. The average molecular weight is 410 g/mol. The van der Waals surface area contributed by atoms with E-state index in [1.807, 2.05) is 25.1 Å². The molecule has 0 radical (unpaired) electrons. The van der Waals surface area contributed by atoms with Gasteiger partial charge in [0, 0.05) is 16.9 Å². The minimum Gasteiger partial charge on any atom is -0.322 e. The summed E-state index contributed by atoms with van der Waals surface area (Å²) in [6, 6.07) is 19.4. The van der Waals surface area contributed by atoms with Crippen molar-refractivity contribution in [3.8, 4) is 0 Å². The van der Waals surface area contributed by atoms with E-state index in [1.165, 1.54) is 0 Å². The monoisotopic (exact) mass is 409 g/mol. The van der Waals surface area contributed by atoms with Gasteiger partial charge in [-0.3, -0.25) is 9.59 Å². The van der Waals surface area contributed by atoms with E-state index in [0.29, 0.717) is 27.2 Å². The fourth-order valence-corrected chi connectivity index (χ4v) is 2.70. The number of pyridine rings is 1. The number of nitrogens with zero attached hydrogens (tertiary/aromatic N) is 1. The Hall–Kier alpha value is -2.99. The number of hydrogen-bond acceptors (Lipinski definition) is 3. The molecule has 2 amide bonds. The number of carbonyl (C=O) groups is 2. The number of hydrogen-bond donors (Lipinski definition) is 2. The van der Waals surface area contributed by atoms with E-state index in [-0.39, 0.29) is 11.8 Å². The first kappa shape index (κ1) is 17.8. The van der Waals surface area contributed by atoms with E-state index in [9.17, 15) is 9.59 Å². The van der Waals surface area contributed by atoms with Crippen molar-refractivity contribution in [2.24, 2.45) is 0 Å². The first-order valence-electron chi connectivity index (χ1n) is 7.93. The van der Waals surface area contributed by atoms with E-state index >= 15 is 0 Å².